The van der Waals surface area contributed by atoms with Gasteiger partial charge in [-0.05, 0) is 32.4 Å². The highest BCUT2D eigenvalue weighted by atomic mass is 16.5. The quantitative estimate of drug-likeness (QED) is 0.453. The van der Waals surface area contributed by atoms with E-state index in [4.69, 9.17) is 4.74 Å². The van der Waals surface area contributed by atoms with Gasteiger partial charge in [0.1, 0.15) is 0 Å². The van der Waals surface area contributed by atoms with Gasteiger partial charge in [-0.1, -0.05) is 77.9 Å². The summed E-state index contributed by atoms with van der Waals surface area (Å²) < 4.78 is 5.70. The van der Waals surface area contributed by atoms with Crippen LogP contribution in [0.3, 0.4) is 0 Å². The maximum absolute atomic E-state index is 13.1. The lowest BCUT2D eigenvalue weighted by Gasteiger charge is -2.18. The van der Waals surface area contributed by atoms with Gasteiger partial charge in [0.25, 0.3) is 0 Å². The molecule has 0 fully saturated rings. The third-order valence-electron chi connectivity index (χ3n) is 4.54. The number of carbonyl (C=O) groups excluding carboxylic acids is 2. The van der Waals surface area contributed by atoms with Crippen molar-refractivity contribution in [3.8, 4) is 0 Å². The SMILES string of the molecule is Cc1ccc(C(=O)[C@H](OC(=O)c2ccccc2C)c2ccc(C)cc2)cc1. The van der Waals surface area contributed by atoms with E-state index in [2.05, 4.69) is 0 Å². The smallest absolute Gasteiger partial charge is 0.339 e. The summed E-state index contributed by atoms with van der Waals surface area (Å²) in [4.78, 5) is 25.8. The van der Waals surface area contributed by atoms with Crippen LogP contribution in [0.2, 0.25) is 0 Å². The lowest BCUT2D eigenvalue weighted by molar-refractivity contribution is 0.0279. The first-order chi connectivity index (χ1) is 13.0. The largest absolute Gasteiger partial charge is 0.445 e. The van der Waals surface area contributed by atoms with Crippen molar-refractivity contribution in [3.63, 3.8) is 0 Å². The predicted octanol–water partition coefficient (Wildman–Crippen LogP) is 5.39. The molecule has 0 bridgehead atoms. The number of esters is 1. The van der Waals surface area contributed by atoms with Crippen LogP contribution >= 0.6 is 0 Å². The molecule has 0 aliphatic rings. The molecule has 0 saturated carbocycles. The molecular weight excluding hydrogens is 336 g/mol. The Morgan fingerprint density at radius 2 is 1.30 bits per heavy atom. The van der Waals surface area contributed by atoms with Gasteiger partial charge in [-0.3, -0.25) is 4.79 Å². The molecule has 27 heavy (non-hydrogen) atoms. The van der Waals surface area contributed by atoms with Gasteiger partial charge in [-0.2, -0.15) is 0 Å². The lowest BCUT2D eigenvalue weighted by atomic mass is 9.98. The molecule has 3 aromatic rings. The molecule has 0 aliphatic carbocycles. The Labute approximate surface area is 159 Å². The molecule has 3 heteroatoms. The number of benzene rings is 3. The van der Waals surface area contributed by atoms with Crippen LogP contribution in [0, 0.1) is 20.8 Å². The number of hydrogen-bond acceptors (Lipinski definition) is 3. The second-order valence-corrected chi connectivity index (χ2v) is 6.74. The zero-order valence-electron chi connectivity index (χ0n) is 15.7. The van der Waals surface area contributed by atoms with Gasteiger partial charge < -0.3 is 4.74 Å². The fraction of sp³-hybridized carbons (Fsp3) is 0.167. The summed E-state index contributed by atoms with van der Waals surface area (Å²) in [5.41, 5.74) is 4.59. The summed E-state index contributed by atoms with van der Waals surface area (Å²) in [7, 11) is 0. The first-order valence-corrected chi connectivity index (χ1v) is 8.90. The van der Waals surface area contributed by atoms with Crippen LogP contribution in [0.15, 0.2) is 72.8 Å². The molecule has 0 amide bonds. The third kappa shape index (κ3) is 4.32. The summed E-state index contributed by atoms with van der Waals surface area (Å²) in [6, 6.07) is 22.0. The van der Waals surface area contributed by atoms with E-state index in [9.17, 15) is 9.59 Å². The van der Waals surface area contributed by atoms with Crippen molar-refractivity contribution in [2.45, 2.75) is 26.9 Å². The summed E-state index contributed by atoms with van der Waals surface area (Å²) in [6.07, 6.45) is -0.986. The van der Waals surface area contributed by atoms with E-state index < -0.39 is 12.1 Å². The van der Waals surface area contributed by atoms with Crippen molar-refractivity contribution in [1.82, 2.24) is 0 Å². The van der Waals surface area contributed by atoms with E-state index >= 15 is 0 Å². The molecule has 1 atom stereocenters. The minimum atomic E-state index is -0.986. The monoisotopic (exact) mass is 358 g/mol. The van der Waals surface area contributed by atoms with Crippen molar-refractivity contribution in [2.24, 2.45) is 0 Å². The first-order valence-electron chi connectivity index (χ1n) is 8.90. The molecule has 0 N–H and O–H groups in total. The molecule has 0 radical (unpaired) electrons. The second kappa shape index (κ2) is 8.00. The van der Waals surface area contributed by atoms with Gasteiger partial charge in [-0.15, -0.1) is 0 Å². The van der Waals surface area contributed by atoms with Gasteiger partial charge >= 0.3 is 5.97 Å². The van der Waals surface area contributed by atoms with E-state index in [1.807, 2.05) is 69.3 Å². The van der Waals surface area contributed by atoms with Crippen LogP contribution in [-0.4, -0.2) is 11.8 Å². The Morgan fingerprint density at radius 1 is 0.741 bits per heavy atom. The van der Waals surface area contributed by atoms with Gasteiger partial charge in [0, 0.05) is 11.1 Å². The summed E-state index contributed by atoms with van der Waals surface area (Å²) >= 11 is 0. The Balaban J connectivity index is 1.96. The molecule has 0 spiro atoms. The lowest BCUT2D eigenvalue weighted by Crippen LogP contribution is -2.21. The number of Topliss-reactive ketones (excluding diaryl/α,β-unsaturated/α-hetero) is 1. The minimum Gasteiger partial charge on any atom is -0.445 e. The summed E-state index contributed by atoms with van der Waals surface area (Å²) in [5.74, 6) is -0.736. The van der Waals surface area contributed by atoms with E-state index in [1.165, 1.54) is 0 Å². The standard InChI is InChI=1S/C24H22O3/c1-16-8-12-19(13-9-16)22(25)23(20-14-10-17(2)11-15-20)27-24(26)21-7-5-4-6-18(21)3/h4-15,23H,1-3H3/t23-/m1/s1. The molecule has 3 rings (SSSR count). The van der Waals surface area contributed by atoms with Gasteiger partial charge in [-0.25, -0.2) is 4.79 Å². The third-order valence-corrected chi connectivity index (χ3v) is 4.54. The number of aryl methyl sites for hydroxylation is 3. The number of ether oxygens (including phenoxy) is 1. The summed E-state index contributed by atoms with van der Waals surface area (Å²) in [6.45, 7) is 5.78. The normalized spacial score (nSPS) is 11.7. The fourth-order valence-electron chi connectivity index (χ4n) is 2.86. The molecule has 136 valence electrons. The first kappa shape index (κ1) is 18.6. The van der Waals surface area contributed by atoms with Crippen LogP contribution in [-0.2, 0) is 4.74 Å². The zero-order chi connectivity index (χ0) is 19.4. The molecule has 0 heterocycles. The fourth-order valence-corrected chi connectivity index (χ4v) is 2.86. The van der Waals surface area contributed by atoms with Crippen LogP contribution < -0.4 is 0 Å². The van der Waals surface area contributed by atoms with Crippen LogP contribution in [0.1, 0.15) is 49.1 Å². The number of rotatable bonds is 5. The highest BCUT2D eigenvalue weighted by Gasteiger charge is 2.27. The van der Waals surface area contributed by atoms with Crippen LogP contribution in [0.5, 0.6) is 0 Å². The zero-order valence-corrected chi connectivity index (χ0v) is 15.7. The number of hydrogen-bond donors (Lipinski definition) is 0. The Bertz CT molecular complexity index is 954. The number of ketones is 1. The molecule has 0 aromatic heterocycles. The predicted molar refractivity (Wildman–Crippen MR) is 106 cm³/mol. The Morgan fingerprint density at radius 3 is 1.89 bits per heavy atom. The maximum Gasteiger partial charge on any atom is 0.339 e. The molecule has 0 saturated heterocycles. The van der Waals surface area contributed by atoms with Gasteiger partial charge in [0.05, 0.1) is 5.56 Å². The molecule has 0 unspecified atom stereocenters. The molecule has 3 nitrogen and oxygen atoms in total. The molecule has 3 aromatic carbocycles. The van der Waals surface area contributed by atoms with Gasteiger partial charge in [0.15, 0.2) is 6.10 Å². The molecular formula is C24H22O3. The average molecular weight is 358 g/mol. The van der Waals surface area contributed by atoms with Crippen molar-refractivity contribution >= 4 is 11.8 Å². The highest BCUT2D eigenvalue weighted by molar-refractivity contribution is 6.02. The number of carbonyl (C=O) groups is 2. The average Bonchev–Trinajstić information content (AvgIpc) is 2.67. The summed E-state index contributed by atoms with van der Waals surface area (Å²) in [5, 5.41) is 0. The highest BCUT2D eigenvalue weighted by Crippen LogP contribution is 2.25. The molecule has 0 aliphatic heterocycles. The van der Waals surface area contributed by atoms with Crippen molar-refractivity contribution in [1.29, 1.82) is 0 Å². The van der Waals surface area contributed by atoms with E-state index in [0.29, 0.717) is 16.7 Å². The van der Waals surface area contributed by atoms with E-state index in [-0.39, 0.29) is 5.78 Å². The van der Waals surface area contributed by atoms with Crippen molar-refractivity contribution in [2.75, 3.05) is 0 Å². The second-order valence-electron chi connectivity index (χ2n) is 6.74. The Hall–Kier alpha value is -3.20. The Kier molecular flexibility index (Phi) is 5.51. The minimum absolute atomic E-state index is 0.235. The van der Waals surface area contributed by atoms with Gasteiger partial charge in [0.2, 0.25) is 5.78 Å². The van der Waals surface area contributed by atoms with Crippen LogP contribution in [0.25, 0.3) is 0 Å². The van der Waals surface area contributed by atoms with E-state index in [1.54, 1.807) is 24.3 Å². The topological polar surface area (TPSA) is 43.4 Å². The van der Waals surface area contributed by atoms with Crippen LogP contribution in [0.4, 0.5) is 0 Å². The van der Waals surface area contributed by atoms with E-state index in [0.717, 1.165) is 16.7 Å². The van der Waals surface area contributed by atoms with Crippen molar-refractivity contribution in [3.05, 3.63) is 106 Å². The van der Waals surface area contributed by atoms with Crippen molar-refractivity contribution < 1.29 is 14.3 Å². The maximum atomic E-state index is 13.1.